The Labute approximate surface area is 127 Å². The van der Waals surface area contributed by atoms with Crippen LogP contribution in [0.25, 0.3) is 10.7 Å². The quantitative estimate of drug-likeness (QED) is 0.809. The Hall–Kier alpha value is -0.460. The summed E-state index contributed by atoms with van der Waals surface area (Å²) in [4.78, 5) is 10.2. The fraction of sp³-hybridized carbons (Fsp3) is 0.333. The molecule has 0 fully saturated rings. The maximum absolute atomic E-state index is 4.59. The van der Waals surface area contributed by atoms with Crippen LogP contribution >= 0.6 is 43.2 Å². The zero-order valence-electron chi connectivity index (χ0n) is 10.1. The number of hydrogen-bond acceptors (Lipinski definition) is 4. The highest BCUT2D eigenvalue weighted by Crippen LogP contribution is 2.34. The van der Waals surface area contributed by atoms with E-state index in [0.29, 0.717) is 0 Å². The number of thiophene rings is 1. The predicted molar refractivity (Wildman–Crippen MR) is 84.3 cm³/mol. The van der Waals surface area contributed by atoms with Crippen molar-refractivity contribution >= 4 is 49.0 Å². The van der Waals surface area contributed by atoms with Crippen LogP contribution in [-0.2, 0) is 0 Å². The topological polar surface area (TPSA) is 37.8 Å². The molecule has 0 aliphatic heterocycles. The Morgan fingerprint density at radius 1 is 1.33 bits per heavy atom. The van der Waals surface area contributed by atoms with Gasteiger partial charge in [-0.15, -0.1) is 11.3 Å². The van der Waals surface area contributed by atoms with Crippen molar-refractivity contribution in [1.82, 2.24) is 9.97 Å². The normalized spacial score (nSPS) is 10.7. The van der Waals surface area contributed by atoms with E-state index in [1.54, 1.807) is 11.3 Å². The molecule has 0 amide bonds. The second kappa shape index (κ2) is 6.12. The molecule has 0 saturated heterocycles. The van der Waals surface area contributed by atoms with Crippen molar-refractivity contribution in [2.75, 3.05) is 11.9 Å². The van der Waals surface area contributed by atoms with Crippen molar-refractivity contribution in [3.8, 4) is 10.7 Å². The van der Waals surface area contributed by atoms with Gasteiger partial charge in [0.15, 0.2) is 5.82 Å². The van der Waals surface area contributed by atoms with Crippen molar-refractivity contribution in [2.24, 2.45) is 0 Å². The van der Waals surface area contributed by atoms with E-state index in [1.807, 2.05) is 18.4 Å². The first-order chi connectivity index (χ1) is 8.63. The lowest BCUT2D eigenvalue weighted by atomic mass is 10.3. The summed E-state index contributed by atoms with van der Waals surface area (Å²) < 4.78 is 1.98. The van der Waals surface area contributed by atoms with E-state index in [-0.39, 0.29) is 0 Å². The molecule has 0 unspecified atom stereocenters. The van der Waals surface area contributed by atoms with E-state index in [0.717, 1.165) is 44.1 Å². The molecule has 96 valence electrons. The number of anilines is 1. The van der Waals surface area contributed by atoms with E-state index < -0.39 is 0 Å². The fourth-order valence-electron chi connectivity index (χ4n) is 1.47. The van der Waals surface area contributed by atoms with Crippen LogP contribution in [-0.4, -0.2) is 16.5 Å². The minimum atomic E-state index is 0.760. The lowest BCUT2D eigenvalue weighted by Crippen LogP contribution is -2.05. The van der Waals surface area contributed by atoms with E-state index in [4.69, 9.17) is 0 Å². The molecular formula is C12H13Br2N3S. The maximum Gasteiger partial charge on any atom is 0.173 e. The summed E-state index contributed by atoms with van der Waals surface area (Å²) in [5.41, 5.74) is 0.943. The third-order valence-corrected chi connectivity index (χ3v) is 5.16. The second-order valence-electron chi connectivity index (χ2n) is 3.82. The summed E-state index contributed by atoms with van der Waals surface area (Å²) >= 11 is 8.69. The van der Waals surface area contributed by atoms with Gasteiger partial charge in [-0.3, -0.25) is 0 Å². The van der Waals surface area contributed by atoms with Gasteiger partial charge in [0, 0.05) is 11.0 Å². The van der Waals surface area contributed by atoms with Crippen molar-refractivity contribution < 1.29 is 0 Å². The summed E-state index contributed by atoms with van der Waals surface area (Å²) in [5, 5.41) is 5.34. The summed E-state index contributed by atoms with van der Waals surface area (Å²) in [6.07, 6.45) is 1.06. The molecule has 0 radical (unpaired) electrons. The maximum atomic E-state index is 4.59. The Morgan fingerprint density at radius 3 is 2.72 bits per heavy atom. The molecule has 1 N–H and O–H groups in total. The minimum Gasteiger partial charge on any atom is -0.369 e. The Bertz CT molecular complexity index is 554. The highest BCUT2D eigenvalue weighted by atomic mass is 79.9. The third-order valence-electron chi connectivity index (χ3n) is 2.38. The largest absolute Gasteiger partial charge is 0.369 e. The van der Waals surface area contributed by atoms with Crippen molar-refractivity contribution in [1.29, 1.82) is 0 Å². The number of hydrogen-bond donors (Lipinski definition) is 1. The SMILES string of the molecule is CCCNc1nc(-c2sccc2Br)nc(C)c1Br. The molecule has 3 nitrogen and oxygen atoms in total. The van der Waals surface area contributed by atoms with Gasteiger partial charge in [0.1, 0.15) is 5.82 Å². The lowest BCUT2D eigenvalue weighted by Gasteiger charge is -2.10. The Kier molecular flexibility index (Phi) is 4.75. The molecule has 2 aromatic heterocycles. The standard InChI is InChI=1S/C12H13Br2N3S/c1-3-5-15-11-9(14)7(2)16-12(17-11)10-8(13)4-6-18-10/h4,6H,3,5H2,1-2H3,(H,15,16,17). The fourth-order valence-corrected chi connectivity index (χ4v) is 3.27. The van der Waals surface area contributed by atoms with Gasteiger partial charge in [-0.25, -0.2) is 9.97 Å². The van der Waals surface area contributed by atoms with Crippen LogP contribution in [0.1, 0.15) is 19.0 Å². The molecule has 0 atom stereocenters. The third kappa shape index (κ3) is 2.92. The van der Waals surface area contributed by atoms with E-state index in [2.05, 4.69) is 54.1 Å². The van der Waals surface area contributed by atoms with Crippen molar-refractivity contribution in [3.63, 3.8) is 0 Å². The van der Waals surface area contributed by atoms with Crippen LogP contribution in [0, 0.1) is 6.92 Å². The monoisotopic (exact) mass is 389 g/mol. The molecule has 6 heteroatoms. The van der Waals surface area contributed by atoms with E-state index >= 15 is 0 Å². The molecular weight excluding hydrogens is 378 g/mol. The average molecular weight is 391 g/mol. The minimum absolute atomic E-state index is 0.760. The Morgan fingerprint density at radius 2 is 2.11 bits per heavy atom. The number of nitrogens with one attached hydrogen (secondary N) is 1. The van der Waals surface area contributed by atoms with Gasteiger partial charge in [0.2, 0.25) is 0 Å². The molecule has 0 aromatic carbocycles. The van der Waals surface area contributed by atoms with Gasteiger partial charge in [-0.2, -0.15) is 0 Å². The molecule has 2 aromatic rings. The van der Waals surface area contributed by atoms with Crippen LogP contribution < -0.4 is 5.32 Å². The summed E-state index contributed by atoms with van der Waals surface area (Å²) in [6, 6.07) is 2.01. The molecule has 18 heavy (non-hydrogen) atoms. The molecule has 2 rings (SSSR count). The zero-order valence-corrected chi connectivity index (χ0v) is 14.1. The summed E-state index contributed by atoms with van der Waals surface area (Å²) in [6.45, 7) is 5.01. The predicted octanol–water partition coefficient (Wildman–Crippen LogP) is 4.86. The van der Waals surface area contributed by atoms with Gasteiger partial charge in [-0.1, -0.05) is 6.92 Å². The number of rotatable bonds is 4. The number of halogens is 2. The number of aryl methyl sites for hydroxylation is 1. The van der Waals surface area contributed by atoms with Gasteiger partial charge < -0.3 is 5.32 Å². The van der Waals surface area contributed by atoms with Crippen LogP contribution in [0.4, 0.5) is 5.82 Å². The lowest BCUT2D eigenvalue weighted by molar-refractivity contribution is 0.959. The number of nitrogens with zero attached hydrogens (tertiary/aromatic N) is 2. The van der Waals surface area contributed by atoms with E-state index in [1.165, 1.54) is 0 Å². The summed E-state index contributed by atoms with van der Waals surface area (Å²) in [5.74, 6) is 1.62. The Balaban J connectivity index is 2.44. The summed E-state index contributed by atoms with van der Waals surface area (Å²) in [7, 11) is 0. The first kappa shape index (κ1) is 14.0. The van der Waals surface area contributed by atoms with E-state index in [9.17, 15) is 0 Å². The highest BCUT2D eigenvalue weighted by molar-refractivity contribution is 9.11. The van der Waals surface area contributed by atoms with Gasteiger partial charge in [0.05, 0.1) is 15.0 Å². The van der Waals surface area contributed by atoms with Crippen LogP contribution in [0.3, 0.4) is 0 Å². The highest BCUT2D eigenvalue weighted by Gasteiger charge is 2.13. The molecule has 0 saturated carbocycles. The second-order valence-corrected chi connectivity index (χ2v) is 6.38. The van der Waals surface area contributed by atoms with Crippen molar-refractivity contribution in [2.45, 2.75) is 20.3 Å². The molecule has 0 spiro atoms. The smallest absolute Gasteiger partial charge is 0.173 e. The average Bonchev–Trinajstić information content (AvgIpc) is 2.77. The molecule has 2 heterocycles. The van der Waals surface area contributed by atoms with Crippen molar-refractivity contribution in [3.05, 3.63) is 26.1 Å². The van der Waals surface area contributed by atoms with Crippen LogP contribution in [0.2, 0.25) is 0 Å². The molecule has 0 aliphatic carbocycles. The van der Waals surface area contributed by atoms with Gasteiger partial charge >= 0.3 is 0 Å². The zero-order chi connectivity index (χ0) is 13.1. The first-order valence-electron chi connectivity index (χ1n) is 5.64. The molecule has 0 bridgehead atoms. The van der Waals surface area contributed by atoms with Gasteiger partial charge in [0.25, 0.3) is 0 Å². The van der Waals surface area contributed by atoms with Crippen LogP contribution in [0.15, 0.2) is 20.4 Å². The molecule has 0 aliphatic rings. The first-order valence-corrected chi connectivity index (χ1v) is 8.11. The van der Waals surface area contributed by atoms with Gasteiger partial charge in [-0.05, 0) is 56.7 Å². The van der Waals surface area contributed by atoms with Crippen LogP contribution in [0.5, 0.6) is 0 Å². The number of aromatic nitrogens is 2.